The lowest BCUT2D eigenvalue weighted by molar-refractivity contribution is -0.139. The molecule has 7 heteroatoms. The average Bonchev–Trinajstić information content (AvgIpc) is 3.25. The van der Waals surface area contributed by atoms with Crippen molar-refractivity contribution in [2.75, 3.05) is 7.11 Å². The number of benzene rings is 4. The summed E-state index contributed by atoms with van der Waals surface area (Å²) in [6, 6.07) is 30.1. The van der Waals surface area contributed by atoms with Crippen LogP contribution >= 0.6 is 22.6 Å². The molecule has 0 N–H and O–H groups in total. The number of methoxy groups -OCH3 is 1. The van der Waals surface area contributed by atoms with Gasteiger partial charge in [0, 0.05) is 11.8 Å². The van der Waals surface area contributed by atoms with Gasteiger partial charge in [-0.3, -0.25) is 9.59 Å². The molecule has 1 heterocycles. The summed E-state index contributed by atoms with van der Waals surface area (Å²) in [5.41, 5.74) is 6.33. The summed E-state index contributed by atoms with van der Waals surface area (Å²) in [5.74, 6) is -0.506. The van der Waals surface area contributed by atoms with Crippen molar-refractivity contribution in [3.05, 3.63) is 128 Å². The minimum atomic E-state index is -0.456. The first-order chi connectivity index (χ1) is 19.6. The molecule has 2 atom stereocenters. The molecule has 0 aromatic heterocycles. The SMILES string of the molecule is COc1cc(/C=N\N2C(=O)[C@@H]3C4c5ccccc5C(c5ccccc54)[C@H]3C2=O)cc(I)c1OCc1ccccc1. The van der Waals surface area contributed by atoms with E-state index in [1.807, 2.05) is 60.7 Å². The molecule has 1 fully saturated rings. The van der Waals surface area contributed by atoms with Crippen LogP contribution in [0.5, 0.6) is 11.5 Å². The second kappa shape index (κ2) is 9.89. The lowest BCUT2D eigenvalue weighted by Gasteiger charge is -2.45. The molecule has 1 saturated heterocycles. The summed E-state index contributed by atoms with van der Waals surface area (Å²) in [5, 5.41) is 5.54. The zero-order valence-corrected chi connectivity index (χ0v) is 23.8. The summed E-state index contributed by atoms with van der Waals surface area (Å²) in [6.45, 7) is 0.410. The Bertz CT molecular complexity index is 1570. The van der Waals surface area contributed by atoms with Crippen molar-refractivity contribution in [2.45, 2.75) is 18.4 Å². The van der Waals surface area contributed by atoms with E-state index in [9.17, 15) is 9.59 Å². The maximum absolute atomic E-state index is 13.8. The molecular formula is C33H25IN2O4. The Kier molecular flexibility index (Phi) is 6.19. The van der Waals surface area contributed by atoms with Crippen molar-refractivity contribution >= 4 is 40.6 Å². The third-order valence-electron chi connectivity index (χ3n) is 8.23. The van der Waals surface area contributed by atoms with E-state index >= 15 is 0 Å². The predicted octanol–water partition coefficient (Wildman–Crippen LogP) is 6.10. The second-order valence-electron chi connectivity index (χ2n) is 10.3. The molecule has 4 aliphatic rings. The Balaban J connectivity index is 1.18. The quantitative estimate of drug-likeness (QED) is 0.145. The number of imide groups is 1. The van der Waals surface area contributed by atoms with E-state index in [1.165, 1.54) is 0 Å². The number of amides is 2. The Morgan fingerprint density at radius 3 is 1.85 bits per heavy atom. The Morgan fingerprint density at radius 2 is 1.32 bits per heavy atom. The fourth-order valence-electron chi connectivity index (χ4n) is 6.58. The van der Waals surface area contributed by atoms with E-state index in [4.69, 9.17) is 9.47 Å². The van der Waals surface area contributed by atoms with Gasteiger partial charge >= 0.3 is 0 Å². The number of hydrogen-bond donors (Lipinski definition) is 0. The van der Waals surface area contributed by atoms with Gasteiger partial charge in [-0.05, 0) is 68.1 Å². The molecule has 0 radical (unpaired) electrons. The monoisotopic (exact) mass is 640 g/mol. The van der Waals surface area contributed by atoms with Gasteiger partial charge in [-0.2, -0.15) is 10.1 Å². The molecule has 4 aromatic carbocycles. The highest BCUT2D eigenvalue weighted by atomic mass is 127. The van der Waals surface area contributed by atoms with Crippen LogP contribution < -0.4 is 9.47 Å². The number of ether oxygens (including phenoxy) is 2. The van der Waals surface area contributed by atoms with Crippen LogP contribution in [-0.4, -0.2) is 30.1 Å². The fourth-order valence-corrected chi connectivity index (χ4v) is 7.37. The summed E-state index contributed by atoms with van der Waals surface area (Å²) in [7, 11) is 1.59. The fraction of sp³-hybridized carbons (Fsp3) is 0.182. The number of hydrazone groups is 1. The number of carbonyl (C=O) groups is 2. The molecule has 0 saturated carbocycles. The van der Waals surface area contributed by atoms with Gasteiger partial charge in [0.05, 0.1) is 28.7 Å². The highest BCUT2D eigenvalue weighted by Gasteiger charge is 2.61. The van der Waals surface area contributed by atoms with Gasteiger partial charge in [-0.15, -0.1) is 0 Å². The van der Waals surface area contributed by atoms with Gasteiger partial charge in [0.1, 0.15) is 6.61 Å². The highest BCUT2D eigenvalue weighted by Crippen LogP contribution is 2.61. The van der Waals surface area contributed by atoms with Gasteiger partial charge in [0.25, 0.3) is 11.8 Å². The first kappa shape index (κ1) is 25.0. The first-order valence-corrected chi connectivity index (χ1v) is 14.3. The van der Waals surface area contributed by atoms with E-state index in [1.54, 1.807) is 19.4 Å². The van der Waals surface area contributed by atoms with Crippen molar-refractivity contribution in [3.63, 3.8) is 0 Å². The molecule has 8 rings (SSSR count). The molecule has 0 unspecified atom stereocenters. The van der Waals surface area contributed by atoms with Crippen LogP contribution in [0.25, 0.3) is 0 Å². The minimum absolute atomic E-state index is 0.152. The van der Waals surface area contributed by atoms with Gasteiger partial charge < -0.3 is 9.47 Å². The van der Waals surface area contributed by atoms with Crippen LogP contribution in [0, 0.1) is 15.4 Å². The highest BCUT2D eigenvalue weighted by molar-refractivity contribution is 14.1. The number of halogens is 1. The molecule has 40 heavy (non-hydrogen) atoms. The molecule has 4 aromatic rings. The van der Waals surface area contributed by atoms with Crippen molar-refractivity contribution in [1.82, 2.24) is 5.01 Å². The normalized spacial score (nSPS) is 22.3. The number of hydrogen-bond acceptors (Lipinski definition) is 5. The van der Waals surface area contributed by atoms with Crippen molar-refractivity contribution in [1.29, 1.82) is 0 Å². The molecule has 2 bridgehead atoms. The van der Waals surface area contributed by atoms with Crippen LogP contribution in [0.4, 0.5) is 0 Å². The zero-order valence-electron chi connectivity index (χ0n) is 21.7. The third kappa shape index (κ3) is 3.86. The summed E-state index contributed by atoms with van der Waals surface area (Å²) in [6.07, 6.45) is 1.56. The van der Waals surface area contributed by atoms with Crippen LogP contribution in [0.2, 0.25) is 0 Å². The van der Waals surface area contributed by atoms with Crippen LogP contribution in [-0.2, 0) is 16.2 Å². The van der Waals surface area contributed by atoms with E-state index in [0.717, 1.165) is 36.4 Å². The Labute approximate surface area is 245 Å². The second-order valence-corrected chi connectivity index (χ2v) is 11.5. The van der Waals surface area contributed by atoms with Crippen LogP contribution in [0.1, 0.15) is 45.2 Å². The topological polar surface area (TPSA) is 68.2 Å². The third-order valence-corrected chi connectivity index (χ3v) is 9.03. The molecule has 2 amide bonds. The van der Waals surface area contributed by atoms with Crippen LogP contribution in [0.15, 0.2) is 96.1 Å². The summed E-state index contributed by atoms with van der Waals surface area (Å²) in [4.78, 5) is 27.6. The molecular weight excluding hydrogens is 615 g/mol. The number of rotatable bonds is 6. The number of carbonyl (C=O) groups excluding carboxylic acids is 2. The number of nitrogens with zero attached hydrogens (tertiary/aromatic N) is 2. The van der Waals surface area contributed by atoms with E-state index < -0.39 is 11.8 Å². The average molecular weight is 640 g/mol. The zero-order chi connectivity index (χ0) is 27.4. The largest absolute Gasteiger partial charge is 0.493 e. The van der Waals surface area contributed by atoms with Crippen LogP contribution in [0.3, 0.4) is 0 Å². The lowest BCUT2D eigenvalue weighted by Crippen LogP contribution is -2.41. The minimum Gasteiger partial charge on any atom is -0.493 e. The van der Waals surface area contributed by atoms with Gasteiger partial charge in [-0.25, -0.2) is 0 Å². The molecule has 198 valence electrons. The van der Waals surface area contributed by atoms with Crippen molar-refractivity contribution < 1.29 is 19.1 Å². The van der Waals surface area contributed by atoms with Gasteiger partial charge in [0.15, 0.2) is 11.5 Å². The molecule has 1 aliphatic heterocycles. The summed E-state index contributed by atoms with van der Waals surface area (Å²) >= 11 is 2.20. The Morgan fingerprint density at radius 1 is 0.800 bits per heavy atom. The molecule has 3 aliphatic carbocycles. The van der Waals surface area contributed by atoms with Crippen molar-refractivity contribution in [3.8, 4) is 11.5 Å². The van der Waals surface area contributed by atoms with E-state index in [-0.39, 0.29) is 23.7 Å². The predicted molar refractivity (Wildman–Crippen MR) is 159 cm³/mol. The van der Waals surface area contributed by atoms with E-state index in [0.29, 0.717) is 23.7 Å². The molecule has 6 nitrogen and oxygen atoms in total. The van der Waals surface area contributed by atoms with Crippen molar-refractivity contribution in [2.24, 2.45) is 16.9 Å². The van der Waals surface area contributed by atoms with Gasteiger partial charge in [0.2, 0.25) is 0 Å². The maximum Gasteiger partial charge on any atom is 0.254 e. The van der Waals surface area contributed by atoms with E-state index in [2.05, 4.69) is 52.0 Å². The standard InChI is InChI=1S/C33H25IN2O4/c1-39-26-16-20(15-25(34)31(26)40-18-19-9-3-2-4-10-19)17-35-36-32(37)29-27-21-11-5-6-12-22(21)28(30(29)33(36)38)24-14-8-7-13-23(24)27/h2-17,27-30H,18H2,1H3/b35-17-/t27?,28?,29-,30-/m1/s1. The first-order valence-electron chi connectivity index (χ1n) is 13.2. The smallest absolute Gasteiger partial charge is 0.254 e. The Hall–Kier alpha value is -3.98. The lowest BCUT2D eigenvalue weighted by atomic mass is 9.55. The van der Waals surface area contributed by atoms with Gasteiger partial charge in [-0.1, -0.05) is 78.9 Å². The summed E-state index contributed by atoms with van der Waals surface area (Å²) < 4.78 is 12.5. The molecule has 0 spiro atoms. The maximum atomic E-state index is 13.8.